The average molecular weight is 583 g/mol. The maximum atomic E-state index is 12.2. The van der Waals surface area contributed by atoms with Gasteiger partial charge in [-0.2, -0.15) is 0 Å². The van der Waals surface area contributed by atoms with Crippen molar-refractivity contribution < 1.29 is 14.6 Å². The fourth-order valence-corrected chi connectivity index (χ4v) is 6.05. The zero-order valence-electron chi connectivity index (χ0n) is 21.9. The molecule has 2 aromatic carbocycles. The fraction of sp³-hybridized carbons (Fsp3) is 0.483. The Morgan fingerprint density at radius 2 is 1.76 bits per heavy atom. The number of nitrogens with zero attached hydrogens (tertiary/aromatic N) is 3. The van der Waals surface area contributed by atoms with Gasteiger partial charge in [-0.05, 0) is 92.7 Å². The Morgan fingerprint density at radius 3 is 2.45 bits per heavy atom. The molecule has 1 atom stereocenters. The molecule has 1 N–H and O–H groups in total. The molecule has 2 fully saturated rings. The first kappa shape index (κ1) is 30.7. The summed E-state index contributed by atoms with van der Waals surface area (Å²) in [6.07, 6.45) is 6.91. The lowest BCUT2D eigenvalue weighted by molar-refractivity contribution is 0.0527. The summed E-state index contributed by atoms with van der Waals surface area (Å²) in [5.74, 6) is 0.129. The SMILES string of the molecule is COC(=O)c1ccc2c(c1)c(CN1CCC(N3CCCC(CO)C3)CC1)cn2Cc1ccc(Cl)cc1.Cl.Cl. The van der Waals surface area contributed by atoms with Crippen molar-refractivity contribution in [1.29, 1.82) is 0 Å². The third kappa shape index (κ3) is 7.04. The predicted molar refractivity (Wildman–Crippen MR) is 158 cm³/mol. The first-order chi connectivity index (χ1) is 17.5. The molecular weight excluding hydrogens is 545 g/mol. The van der Waals surface area contributed by atoms with Crippen molar-refractivity contribution in [3.63, 3.8) is 0 Å². The van der Waals surface area contributed by atoms with Gasteiger partial charge in [0.15, 0.2) is 0 Å². The highest BCUT2D eigenvalue weighted by Crippen LogP contribution is 2.28. The Hall–Kier alpha value is -1.80. The van der Waals surface area contributed by atoms with E-state index >= 15 is 0 Å². The van der Waals surface area contributed by atoms with Gasteiger partial charge >= 0.3 is 5.97 Å². The largest absolute Gasteiger partial charge is 0.465 e. The van der Waals surface area contributed by atoms with Gasteiger partial charge in [0.05, 0.1) is 12.7 Å². The number of rotatable bonds is 7. The van der Waals surface area contributed by atoms with Crippen molar-refractivity contribution in [3.05, 3.63) is 70.4 Å². The van der Waals surface area contributed by atoms with E-state index in [9.17, 15) is 9.90 Å². The minimum atomic E-state index is -0.308. The highest BCUT2D eigenvalue weighted by Gasteiger charge is 2.29. The van der Waals surface area contributed by atoms with Crippen LogP contribution in [0.5, 0.6) is 0 Å². The number of aliphatic hydroxyl groups is 1. The summed E-state index contributed by atoms with van der Waals surface area (Å²) in [6, 6.07) is 14.4. The van der Waals surface area contributed by atoms with Crippen LogP contribution in [0.4, 0.5) is 0 Å². The van der Waals surface area contributed by atoms with Crippen molar-refractivity contribution >= 4 is 53.3 Å². The number of hydrogen-bond donors (Lipinski definition) is 1. The molecular formula is C29H38Cl3N3O3. The number of benzene rings is 2. The van der Waals surface area contributed by atoms with Crippen LogP contribution in [0.2, 0.25) is 5.02 Å². The molecule has 5 rings (SSSR count). The minimum absolute atomic E-state index is 0. The molecule has 3 heterocycles. The number of esters is 1. The van der Waals surface area contributed by atoms with Crippen LogP contribution in [-0.4, -0.2) is 71.4 Å². The second-order valence-electron chi connectivity index (χ2n) is 10.3. The average Bonchev–Trinajstić information content (AvgIpc) is 3.25. The first-order valence-electron chi connectivity index (χ1n) is 13.1. The summed E-state index contributed by atoms with van der Waals surface area (Å²) < 4.78 is 7.25. The van der Waals surface area contributed by atoms with Crippen molar-refractivity contribution in [2.24, 2.45) is 5.92 Å². The van der Waals surface area contributed by atoms with Gasteiger partial charge in [-0.25, -0.2) is 4.79 Å². The maximum absolute atomic E-state index is 12.2. The number of likely N-dealkylation sites (tertiary alicyclic amines) is 2. The molecule has 2 aliphatic rings. The molecule has 6 nitrogen and oxygen atoms in total. The number of aliphatic hydroxyl groups excluding tert-OH is 1. The number of halogens is 3. The topological polar surface area (TPSA) is 57.9 Å². The molecule has 1 aromatic heterocycles. The summed E-state index contributed by atoms with van der Waals surface area (Å²) in [6.45, 7) is 6.24. The van der Waals surface area contributed by atoms with E-state index in [1.807, 2.05) is 30.3 Å². The Bertz CT molecular complexity index is 1190. The fourth-order valence-electron chi connectivity index (χ4n) is 5.92. The van der Waals surface area contributed by atoms with E-state index in [1.54, 1.807) is 0 Å². The van der Waals surface area contributed by atoms with Gasteiger partial charge in [-0.1, -0.05) is 23.7 Å². The molecule has 38 heavy (non-hydrogen) atoms. The summed E-state index contributed by atoms with van der Waals surface area (Å²) >= 11 is 6.09. The number of carbonyl (C=O) groups is 1. The van der Waals surface area contributed by atoms with E-state index in [0.29, 0.717) is 24.1 Å². The lowest BCUT2D eigenvalue weighted by Crippen LogP contribution is -2.48. The van der Waals surface area contributed by atoms with Gasteiger partial charge in [-0.15, -0.1) is 24.8 Å². The molecule has 9 heteroatoms. The van der Waals surface area contributed by atoms with E-state index in [2.05, 4.69) is 32.7 Å². The summed E-state index contributed by atoms with van der Waals surface area (Å²) in [5, 5.41) is 11.4. The standard InChI is InChI=1S/C29H36ClN3O3.2ClH/c1-36-29(35)23-6-9-28-27(15-23)24(19-33(28)16-21-4-7-25(30)8-5-21)18-31-13-10-26(11-14-31)32-12-2-3-22(17-32)20-34;;/h4-9,15,19,22,26,34H,2-3,10-14,16-18,20H2,1H3;2*1H. The van der Waals surface area contributed by atoms with Gasteiger partial charge in [0.1, 0.15) is 0 Å². The predicted octanol–water partition coefficient (Wildman–Crippen LogP) is 5.64. The number of carbonyl (C=O) groups excluding carboxylic acids is 1. The molecule has 2 saturated heterocycles. The highest BCUT2D eigenvalue weighted by atomic mass is 35.5. The number of methoxy groups -OCH3 is 1. The zero-order chi connectivity index (χ0) is 25.1. The molecule has 0 saturated carbocycles. The van der Waals surface area contributed by atoms with Gasteiger partial charge in [0, 0.05) is 54.4 Å². The summed E-state index contributed by atoms with van der Waals surface area (Å²) in [4.78, 5) is 17.4. The Kier molecular flexibility index (Phi) is 11.3. The molecule has 208 valence electrons. The van der Waals surface area contributed by atoms with E-state index < -0.39 is 0 Å². The molecule has 0 radical (unpaired) electrons. The molecule has 0 bridgehead atoms. The van der Waals surface area contributed by atoms with Crippen LogP contribution in [0.15, 0.2) is 48.7 Å². The van der Waals surface area contributed by atoms with Crippen molar-refractivity contribution in [3.8, 4) is 0 Å². The third-order valence-corrected chi connectivity index (χ3v) is 8.18. The van der Waals surface area contributed by atoms with Crippen LogP contribution in [0, 0.1) is 5.92 Å². The Balaban J connectivity index is 0.00000200. The van der Waals surface area contributed by atoms with Gasteiger partial charge in [0.2, 0.25) is 0 Å². The van der Waals surface area contributed by atoms with Crippen molar-refractivity contribution in [2.75, 3.05) is 39.9 Å². The van der Waals surface area contributed by atoms with E-state index in [-0.39, 0.29) is 30.8 Å². The number of piperidine rings is 2. The third-order valence-electron chi connectivity index (χ3n) is 7.93. The molecule has 2 aliphatic heterocycles. The molecule has 1 unspecified atom stereocenters. The number of ether oxygens (including phenoxy) is 1. The molecule has 0 spiro atoms. The van der Waals surface area contributed by atoms with Crippen LogP contribution in [-0.2, 0) is 17.8 Å². The quantitative estimate of drug-likeness (QED) is 0.365. The maximum Gasteiger partial charge on any atom is 0.337 e. The van der Waals surface area contributed by atoms with Crippen molar-refractivity contribution in [1.82, 2.24) is 14.4 Å². The monoisotopic (exact) mass is 581 g/mol. The summed E-state index contributed by atoms with van der Waals surface area (Å²) in [5.41, 5.74) is 4.12. The summed E-state index contributed by atoms with van der Waals surface area (Å²) in [7, 11) is 1.43. The first-order valence-corrected chi connectivity index (χ1v) is 13.4. The van der Waals surface area contributed by atoms with Crippen LogP contribution in [0.3, 0.4) is 0 Å². The number of hydrogen-bond acceptors (Lipinski definition) is 5. The van der Waals surface area contributed by atoms with E-state index in [1.165, 1.54) is 24.7 Å². The van der Waals surface area contributed by atoms with Gasteiger partial charge in [-0.3, -0.25) is 9.80 Å². The van der Waals surface area contributed by atoms with Crippen LogP contribution in [0.25, 0.3) is 10.9 Å². The minimum Gasteiger partial charge on any atom is -0.465 e. The molecule has 0 amide bonds. The van der Waals surface area contributed by atoms with E-state index in [0.717, 1.165) is 74.5 Å². The number of aromatic nitrogens is 1. The second kappa shape index (κ2) is 14.0. The van der Waals surface area contributed by atoms with E-state index in [4.69, 9.17) is 16.3 Å². The second-order valence-corrected chi connectivity index (χ2v) is 10.8. The highest BCUT2D eigenvalue weighted by molar-refractivity contribution is 6.30. The normalized spacial score (nSPS) is 19.1. The molecule has 3 aromatic rings. The van der Waals surface area contributed by atoms with Crippen LogP contribution >= 0.6 is 36.4 Å². The van der Waals surface area contributed by atoms with Gasteiger partial charge < -0.3 is 14.4 Å². The Morgan fingerprint density at radius 1 is 1.03 bits per heavy atom. The van der Waals surface area contributed by atoms with Crippen LogP contribution in [0.1, 0.15) is 47.2 Å². The van der Waals surface area contributed by atoms with Crippen LogP contribution < -0.4 is 0 Å². The lowest BCUT2D eigenvalue weighted by Gasteiger charge is -2.42. The Labute approximate surface area is 242 Å². The smallest absolute Gasteiger partial charge is 0.337 e. The zero-order valence-corrected chi connectivity index (χ0v) is 24.2. The molecule has 0 aliphatic carbocycles. The van der Waals surface area contributed by atoms with Gasteiger partial charge in [0.25, 0.3) is 0 Å². The van der Waals surface area contributed by atoms with Crippen molar-refractivity contribution in [2.45, 2.75) is 44.8 Å². The number of fused-ring (bicyclic) bond motifs is 1. The lowest BCUT2D eigenvalue weighted by atomic mass is 9.94.